The predicted octanol–water partition coefficient (Wildman–Crippen LogP) is 3.13. The monoisotopic (exact) mass is 285 g/mol. The highest BCUT2D eigenvalue weighted by atomic mass is 16.6. The Hall–Kier alpha value is -1.26. The summed E-state index contributed by atoms with van der Waals surface area (Å²) in [6.45, 7) is 10.3. The molecule has 1 amide bonds. The van der Waals surface area contributed by atoms with E-state index in [0.717, 1.165) is 12.8 Å². The Labute approximate surface area is 121 Å². The van der Waals surface area contributed by atoms with Gasteiger partial charge in [0.1, 0.15) is 5.60 Å². The van der Waals surface area contributed by atoms with Crippen LogP contribution in [0.1, 0.15) is 53.9 Å². The molecular weight excluding hydrogens is 258 g/mol. The maximum atomic E-state index is 12.2. The molecule has 1 aliphatic heterocycles. The number of likely N-dealkylation sites (tertiary alicyclic amines) is 1. The zero-order chi connectivity index (χ0) is 15.5. The molecular formula is C15H27NO4. The van der Waals surface area contributed by atoms with Crippen molar-refractivity contribution in [1.82, 2.24) is 4.90 Å². The first-order valence-corrected chi connectivity index (χ1v) is 7.31. The molecule has 2 unspecified atom stereocenters. The smallest absolute Gasteiger partial charge is 0.410 e. The number of aliphatic carboxylic acids is 1. The van der Waals surface area contributed by atoms with Gasteiger partial charge >= 0.3 is 12.1 Å². The molecule has 2 atom stereocenters. The molecule has 1 N–H and O–H groups in total. The van der Waals surface area contributed by atoms with Crippen LogP contribution in [0.2, 0.25) is 0 Å². The first-order valence-electron chi connectivity index (χ1n) is 7.31. The average Bonchev–Trinajstić information content (AvgIpc) is 2.25. The van der Waals surface area contributed by atoms with Gasteiger partial charge in [0, 0.05) is 19.0 Å². The summed E-state index contributed by atoms with van der Waals surface area (Å²) in [6.07, 6.45) is 1.37. The van der Waals surface area contributed by atoms with Crippen molar-refractivity contribution in [2.75, 3.05) is 6.54 Å². The van der Waals surface area contributed by atoms with Gasteiger partial charge in [-0.15, -0.1) is 0 Å². The average molecular weight is 285 g/mol. The Kier molecular flexibility index (Phi) is 5.42. The molecule has 1 heterocycles. The van der Waals surface area contributed by atoms with Gasteiger partial charge in [-0.25, -0.2) is 4.79 Å². The highest BCUT2D eigenvalue weighted by molar-refractivity contribution is 5.69. The minimum Gasteiger partial charge on any atom is -0.481 e. The van der Waals surface area contributed by atoms with E-state index in [-0.39, 0.29) is 24.5 Å². The fraction of sp³-hybridized carbons (Fsp3) is 0.867. The van der Waals surface area contributed by atoms with E-state index in [9.17, 15) is 9.59 Å². The minimum absolute atomic E-state index is 0.0583. The van der Waals surface area contributed by atoms with E-state index >= 15 is 0 Å². The molecule has 0 bridgehead atoms. The van der Waals surface area contributed by atoms with Gasteiger partial charge in [-0.2, -0.15) is 0 Å². The fourth-order valence-corrected chi connectivity index (χ4v) is 2.69. The molecule has 0 saturated carbocycles. The summed E-state index contributed by atoms with van der Waals surface area (Å²) in [4.78, 5) is 24.9. The Balaban J connectivity index is 2.72. The molecule has 0 aliphatic carbocycles. The van der Waals surface area contributed by atoms with Gasteiger partial charge in [0.15, 0.2) is 0 Å². The Morgan fingerprint density at radius 3 is 2.40 bits per heavy atom. The molecule has 1 fully saturated rings. The van der Waals surface area contributed by atoms with Crippen LogP contribution in [0, 0.1) is 11.8 Å². The first kappa shape index (κ1) is 16.8. The number of carboxylic acids is 1. The van der Waals surface area contributed by atoms with Crippen LogP contribution in [-0.4, -0.2) is 40.3 Å². The van der Waals surface area contributed by atoms with Crippen molar-refractivity contribution in [3.63, 3.8) is 0 Å². The zero-order valence-electron chi connectivity index (χ0n) is 13.2. The third-order valence-corrected chi connectivity index (χ3v) is 3.61. The molecule has 20 heavy (non-hydrogen) atoms. The normalized spacial score (nSPS) is 23.8. The number of piperidine rings is 1. The van der Waals surface area contributed by atoms with Crippen LogP contribution in [0.4, 0.5) is 4.79 Å². The lowest BCUT2D eigenvalue weighted by atomic mass is 9.84. The number of hydrogen-bond donors (Lipinski definition) is 1. The molecule has 1 rings (SSSR count). The van der Waals surface area contributed by atoms with Crippen molar-refractivity contribution in [3.05, 3.63) is 0 Å². The van der Waals surface area contributed by atoms with E-state index < -0.39 is 11.6 Å². The Morgan fingerprint density at radius 1 is 1.35 bits per heavy atom. The molecule has 0 spiro atoms. The number of rotatable bonds is 3. The standard InChI is InChI=1S/C15H27NO4/c1-10(2)12-8-11(9-13(17)18)6-7-16(12)14(19)20-15(3,4)5/h10-12H,6-9H2,1-5H3,(H,17,18). The molecule has 0 aromatic heterocycles. The third-order valence-electron chi connectivity index (χ3n) is 3.61. The van der Waals surface area contributed by atoms with E-state index in [0.29, 0.717) is 12.5 Å². The lowest BCUT2D eigenvalue weighted by Gasteiger charge is -2.41. The van der Waals surface area contributed by atoms with Crippen LogP contribution in [0.3, 0.4) is 0 Å². The molecule has 1 saturated heterocycles. The molecule has 0 aromatic carbocycles. The molecule has 0 radical (unpaired) electrons. The van der Waals surface area contributed by atoms with Crippen molar-refractivity contribution in [2.45, 2.75) is 65.5 Å². The lowest BCUT2D eigenvalue weighted by Crippen LogP contribution is -2.50. The summed E-state index contributed by atoms with van der Waals surface area (Å²) in [5, 5.41) is 8.91. The van der Waals surface area contributed by atoms with Gasteiger partial charge in [-0.1, -0.05) is 13.8 Å². The SMILES string of the molecule is CC(C)C1CC(CC(=O)O)CCN1C(=O)OC(C)(C)C. The third kappa shape index (κ3) is 5.02. The number of hydrogen-bond acceptors (Lipinski definition) is 3. The van der Waals surface area contributed by atoms with E-state index in [1.165, 1.54) is 0 Å². The second kappa shape index (κ2) is 6.46. The van der Waals surface area contributed by atoms with Crippen molar-refractivity contribution in [2.24, 2.45) is 11.8 Å². The molecule has 116 valence electrons. The van der Waals surface area contributed by atoms with Crippen LogP contribution in [-0.2, 0) is 9.53 Å². The van der Waals surface area contributed by atoms with Crippen molar-refractivity contribution in [1.29, 1.82) is 0 Å². The Morgan fingerprint density at radius 2 is 1.95 bits per heavy atom. The topological polar surface area (TPSA) is 66.8 Å². The molecule has 5 heteroatoms. The fourth-order valence-electron chi connectivity index (χ4n) is 2.69. The molecule has 0 aromatic rings. The number of ether oxygens (including phenoxy) is 1. The summed E-state index contributed by atoms with van der Waals surface area (Å²) in [7, 11) is 0. The van der Waals surface area contributed by atoms with Gasteiger partial charge < -0.3 is 14.7 Å². The van der Waals surface area contributed by atoms with E-state index in [1.54, 1.807) is 4.90 Å². The summed E-state index contributed by atoms with van der Waals surface area (Å²) in [5.74, 6) is -0.319. The summed E-state index contributed by atoms with van der Waals surface area (Å²) < 4.78 is 5.44. The van der Waals surface area contributed by atoms with Crippen molar-refractivity contribution in [3.8, 4) is 0 Å². The van der Waals surface area contributed by atoms with Crippen LogP contribution < -0.4 is 0 Å². The highest BCUT2D eigenvalue weighted by Gasteiger charge is 2.36. The number of carbonyl (C=O) groups is 2. The minimum atomic E-state index is -0.761. The van der Waals surface area contributed by atoms with Gasteiger partial charge in [0.25, 0.3) is 0 Å². The highest BCUT2D eigenvalue weighted by Crippen LogP contribution is 2.30. The van der Waals surface area contributed by atoms with E-state index in [2.05, 4.69) is 13.8 Å². The first-order chi connectivity index (χ1) is 9.10. The zero-order valence-corrected chi connectivity index (χ0v) is 13.2. The van der Waals surface area contributed by atoms with E-state index in [1.807, 2.05) is 20.8 Å². The van der Waals surface area contributed by atoms with Crippen molar-refractivity contribution >= 4 is 12.1 Å². The number of carboxylic acid groups (broad SMARTS) is 1. The van der Waals surface area contributed by atoms with Crippen LogP contribution in [0.25, 0.3) is 0 Å². The van der Waals surface area contributed by atoms with Gasteiger partial charge in [0.05, 0.1) is 0 Å². The largest absolute Gasteiger partial charge is 0.481 e. The Bertz CT molecular complexity index is 359. The second-order valence-corrected chi connectivity index (χ2v) is 6.97. The van der Waals surface area contributed by atoms with Gasteiger partial charge in [-0.05, 0) is 45.4 Å². The van der Waals surface area contributed by atoms with Crippen LogP contribution >= 0.6 is 0 Å². The van der Waals surface area contributed by atoms with Gasteiger partial charge in [-0.3, -0.25) is 4.79 Å². The predicted molar refractivity (Wildman–Crippen MR) is 76.5 cm³/mol. The molecule has 1 aliphatic rings. The van der Waals surface area contributed by atoms with Gasteiger partial charge in [0.2, 0.25) is 0 Å². The van der Waals surface area contributed by atoms with Crippen LogP contribution in [0.15, 0.2) is 0 Å². The number of carbonyl (C=O) groups excluding carboxylic acids is 1. The maximum Gasteiger partial charge on any atom is 0.410 e. The molecule has 5 nitrogen and oxygen atoms in total. The quantitative estimate of drug-likeness (QED) is 0.865. The number of nitrogens with zero attached hydrogens (tertiary/aromatic N) is 1. The second-order valence-electron chi connectivity index (χ2n) is 6.97. The maximum absolute atomic E-state index is 12.2. The number of amides is 1. The summed E-state index contributed by atoms with van der Waals surface area (Å²) in [5.41, 5.74) is -0.503. The lowest BCUT2D eigenvalue weighted by molar-refractivity contribution is -0.138. The van der Waals surface area contributed by atoms with E-state index in [4.69, 9.17) is 9.84 Å². The van der Waals surface area contributed by atoms with Crippen LogP contribution in [0.5, 0.6) is 0 Å². The summed E-state index contributed by atoms with van der Waals surface area (Å²) in [6, 6.07) is 0.0583. The van der Waals surface area contributed by atoms with Crippen molar-refractivity contribution < 1.29 is 19.4 Å². The summed E-state index contributed by atoms with van der Waals surface area (Å²) >= 11 is 0.